The number of rotatable bonds is 2. The summed E-state index contributed by atoms with van der Waals surface area (Å²) in [6, 6.07) is 7.60. The normalized spacial score (nSPS) is 11.5. The van der Waals surface area contributed by atoms with Crippen molar-refractivity contribution in [3.63, 3.8) is 0 Å². The minimum Gasteiger partial charge on any atom is -0.504 e. The lowest BCUT2D eigenvalue weighted by Gasteiger charge is -2.04. The van der Waals surface area contributed by atoms with Crippen LogP contribution in [0.25, 0.3) is 10.9 Å². The number of aromatic amines is 1. The van der Waals surface area contributed by atoms with Gasteiger partial charge in [0.25, 0.3) is 0 Å². The third-order valence-electron chi connectivity index (χ3n) is 2.31. The van der Waals surface area contributed by atoms with E-state index in [1.165, 1.54) is 0 Å². The van der Waals surface area contributed by atoms with E-state index < -0.39 is 0 Å². The molecule has 5 nitrogen and oxygen atoms in total. The highest BCUT2D eigenvalue weighted by atomic mass is 32.1. The molecular formula is C12H14N4OS. The number of para-hydroxylation sites is 1. The van der Waals surface area contributed by atoms with Crippen LogP contribution in [0.2, 0.25) is 0 Å². The number of hydrogen-bond donors (Lipinski definition) is 3. The maximum Gasteiger partial charge on any atom is 0.214 e. The van der Waals surface area contributed by atoms with Crippen molar-refractivity contribution >= 4 is 34.1 Å². The first-order chi connectivity index (χ1) is 8.58. The van der Waals surface area contributed by atoms with Crippen LogP contribution in [0.15, 0.2) is 34.5 Å². The number of thiocarbonyl (C=S) groups is 1. The van der Waals surface area contributed by atoms with Crippen molar-refractivity contribution < 1.29 is 5.11 Å². The second-order valence-electron chi connectivity index (χ2n) is 4.17. The molecule has 0 radical (unpaired) electrons. The van der Waals surface area contributed by atoms with E-state index in [2.05, 4.69) is 20.5 Å². The molecule has 0 bridgehead atoms. The quantitative estimate of drug-likeness (QED) is 0.574. The summed E-state index contributed by atoms with van der Waals surface area (Å²) < 4.78 is 0. The number of aromatic nitrogens is 1. The van der Waals surface area contributed by atoms with Crippen molar-refractivity contribution in [2.75, 3.05) is 0 Å². The standard InChI is InChI=1S/C12H14N4OS/c1-7(2)13-12(18)16-15-11-10(17)8-5-3-4-6-9(8)14-11/h3-7,14,17H,1-2H3,(H,13,18). The molecule has 0 amide bonds. The fourth-order valence-corrected chi connectivity index (χ4v) is 1.83. The fourth-order valence-electron chi connectivity index (χ4n) is 1.56. The van der Waals surface area contributed by atoms with Crippen LogP contribution >= 0.6 is 12.2 Å². The fraction of sp³-hybridized carbons (Fsp3) is 0.250. The zero-order valence-corrected chi connectivity index (χ0v) is 11.0. The molecule has 94 valence electrons. The average molecular weight is 262 g/mol. The molecule has 0 saturated carbocycles. The highest BCUT2D eigenvalue weighted by molar-refractivity contribution is 7.80. The molecule has 0 saturated heterocycles. The molecule has 1 aromatic heterocycles. The third kappa shape index (κ3) is 2.65. The van der Waals surface area contributed by atoms with Crippen LogP contribution in [0, 0.1) is 0 Å². The second kappa shape index (κ2) is 5.14. The number of benzene rings is 1. The molecule has 2 rings (SSSR count). The molecule has 0 aliphatic carbocycles. The van der Waals surface area contributed by atoms with Crippen molar-refractivity contribution in [1.29, 1.82) is 0 Å². The molecule has 1 aromatic carbocycles. The summed E-state index contributed by atoms with van der Waals surface area (Å²) in [5, 5.41) is 21.6. The van der Waals surface area contributed by atoms with Gasteiger partial charge in [-0.1, -0.05) is 12.1 Å². The van der Waals surface area contributed by atoms with E-state index in [9.17, 15) is 5.11 Å². The molecule has 6 heteroatoms. The van der Waals surface area contributed by atoms with Crippen molar-refractivity contribution in [3.8, 4) is 5.75 Å². The molecule has 0 fully saturated rings. The van der Waals surface area contributed by atoms with Gasteiger partial charge in [-0.05, 0) is 38.2 Å². The molecule has 18 heavy (non-hydrogen) atoms. The number of azo groups is 1. The van der Waals surface area contributed by atoms with Crippen LogP contribution in [-0.4, -0.2) is 21.2 Å². The molecular weight excluding hydrogens is 248 g/mol. The molecule has 3 N–H and O–H groups in total. The zero-order chi connectivity index (χ0) is 13.1. The predicted molar refractivity (Wildman–Crippen MR) is 75.3 cm³/mol. The lowest BCUT2D eigenvalue weighted by atomic mass is 10.2. The van der Waals surface area contributed by atoms with Gasteiger partial charge >= 0.3 is 0 Å². The number of hydrogen-bond acceptors (Lipinski definition) is 3. The van der Waals surface area contributed by atoms with Gasteiger partial charge in [-0.3, -0.25) is 0 Å². The maximum atomic E-state index is 9.94. The van der Waals surface area contributed by atoms with Crippen molar-refractivity contribution in [2.45, 2.75) is 19.9 Å². The topological polar surface area (TPSA) is 72.8 Å². The van der Waals surface area contributed by atoms with Gasteiger partial charge in [-0.15, -0.1) is 10.2 Å². The number of nitrogens with one attached hydrogen (secondary N) is 2. The highest BCUT2D eigenvalue weighted by Crippen LogP contribution is 2.34. The zero-order valence-electron chi connectivity index (χ0n) is 10.1. The van der Waals surface area contributed by atoms with Gasteiger partial charge in [0, 0.05) is 11.4 Å². The van der Waals surface area contributed by atoms with Crippen molar-refractivity contribution in [2.24, 2.45) is 10.2 Å². The Morgan fingerprint density at radius 1 is 1.39 bits per heavy atom. The van der Waals surface area contributed by atoms with Gasteiger partial charge < -0.3 is 15.4 Å². The maximum absolute atomic E-state index is 9.94. The van der Waals surface area contributed by atoms with E-state index >= 15 is 0 Å². The smallest absolute Gasteiger partial charge is 0.214 e. The first-order valence-electron chi connectivity index (χ1n) is 5.60. The predicted octanol–water partition coefficient (Wildman–Crippen LogP) is 3.24. The number of aromatic hydroxyl groups is 1. The highest BCUT2D eigenvalue weighted by Gasteiger charge is 2.09. The number of H-pyrrole nitrogens is 1. The van der Waals surface area contributed by atoms with E-state index in [1.807, 2.05) is 38.1 Å². The summed E-state index contributed by atoms with van der Waals surface area (Å²) in [5.41, 5.74) is 0.812. The van der Waals surface area contributed by atoms with Gasteiger partial charge in [-0.25, -0.2) is 0 Å². The minimum atomic E-state index is 0.0849. The van der Waals surface area contributed by atoms with Crippen LogP contribution in [-0.2, 0) is 0 Å². The minimum absolute atomic E-state index is 0.0849. The Balaban J connectivity index is 2.24. The van der Waals surface area contributed by atoms with Gasteiger partial charge in [0.2, 0.25) is 5.11 Å². The lowest BCUT2D eigenvalue weighted by Crippen LogP contribution is -2.26. The van der Waals surface area contributed by atoms with Gasteiger partial charge in [0.15, 0.2) is 11.6 Å². The summed E-state index contributed by atoms with van der Waals surface area (Å²) >= 11 is 4.99. The molecule has 2 aromatic rings. The average Bonchev–Trinajstić information content (AvgIpc) is 2.64. The lowest BCUT2D eigenvalue weighted by molar-refractivity contribution is 0.482. The summed E-state index contributed by atoms with van der Waals surface area (Å²) in [7, 11) is 0. The SMILES string of the molecule is CC(C)NC(=S)N=Nc1[nH]c2ccccc2c1O. The monoisotopic (exact) mass is 262 g/mol. The molecule has 0 unspecified atom stereocenters. The van der Waals surface area contributed by atoms with E-state index in [-0.39, 0.29) is 11.8 Å². The summed E-state index contributed by atoms with van der Waals surface area (Å²) in [4.78, 5) is 2.97. The van der Waals surface area contributed by atoms with E-state index in [0.29, 0.717) is 16.3 Å². The Kier molecular flexibility index (Phi) is 3.57. The summed E-state index contributed by atoms with van der Waals surface area (Å²) in [6.45, 7) is 3.92. The van der Waals surface area contributed by atoms with Crippen LogP contribution in [0.3, 0.4) is 0 Å². The van der Waals surface area contributed by atoms with Gasteiger partial charge in [-0.2, -0.15) is 0 Å². The van der Waals surface area contributed by atoms with Crippen LogP contribution in [0.5, 0.6) is 5.75 Å². The van der Waals surface area contributed by atoms with E-state index in [1.54, 1.807) is 0 Å². The van der Waals surface area contributed by atoms with Crippen LogP contribution in [0.1, 0.15) is 13.8 Å². The second-order valence-corrected chi connectivity index (χ2v) is 4.56. The molecule has 0 aliphatic heterocycles. The molecule has 1 heterocycles. The molecule has 0 aliphatic rings. The van der Waals surface area contributed by atoms with E-state index in [0.717, 1.165) is 5.52 Å². The molecule has 0 spiro atoms. The number of nitrogens with zero attached hydrogens (tertiary/aromatic N) is 2. The third-order valence-corrected chi connectivity index (χ3v) is 2.51. The Hall–Kier alpha value is -1.95. The van der Waals surface area contributed by atoms with Crippen molar-refractivity contribution in [3.05, 3.63) is 24.3 Å². The Morgan fingerprint density at radius 3 is 2.78 bits per heavy atom. The van der Waals surface area contributed by atoms with E-state index in [4.69, 9.17) is 12.2 Å². The Bertz CT molecular complexity index is 603. The first-order valence-corrected chi connectivity index (χ1v) is 6.00. The Labute approximate surface area is 110 Å². The molecule has 0 atom stereocenters. The number of fused-ring (bicyclic) bond motifs is 1. The first kappa shape index (κ1) is 12.5. The summed E-state index contributed by atoms with van der Waals surface area (Å²) in [5.74, 6) is 0.394. The van der Waals surface area contributed by atoms with Crippen LogP contribution < -0.4 is 5.32 Å². The largest absolute Gasteiger partial charge is 0.504 e. The summed E-state index contributed by atoms with van der Waals surface area (Å²) in [6.07, 6.45) is 0. The Morgan fingerprint density at radius 2 is 2.11 bits per heavy atom. The van der Waals surface area contributed by atoms with Crippen molar-refractivity contribution in [1.82, 2.24) is 10.3 Å². The van der Waals surface area contributed by atoms with Crippen LogP contribution in [0.4, 0.5) is 5.82 Å². The van der Waals surface area contributed by atoms with Gasteiger partial charge in [0.1, 0.15) is 0 Å². The van der Waals surface area contributed by atoms with Gasteiger partial charge in [0.05, 0.1) is 5.52 Å².